The molecule has 2 rings (SSSR count). The molecule has 2 aromatic heterocycles. The summed E-state index contributed by atoms with van der Waals surface area (Å²) >= 11 is 0. The van der Waals surface area contributed by atoms with E-state index in [-0.39, 0.29) is 16.0 Å². The maximum absolute atomic E-state index is 12.7. The van der Waals surface area contributed by atoms with Gasteiger partial charge in [0.15, 0.2) is 11.2 Å². The van der Waals surface area contributed by atoms with E-state index in [4.69, 9.17) is 5.73 Å². The fraction of sp³-hybridized carbons (Fsp3) is 0. The summed E-state index contributed by atoms with van der Waals surface area (Å²) in [6.45, 7) is 0. The van der Waals surface area contributed by atoms with Gasteiger partial charge in [0, 0.05) is 0 Å². The first kappa shape index (κ1) is 6.77. The van der Waals surface area contributed by atoms with E-state index in [1.54, 1.807) is 0 Å². The van der Waals surface area contributed by atoms with Crippen molar-refractivity contribution >= 4 is 17.1 Å². The quantitative estimate of drug-likeness (QED) is 0.552. The Morgan fingerprint density at radius 3 is 3.17 bits per heavy atom. The van der Waals surface area contributed by atoms with Gasteiger partial charge >= 0.3 is 5.56 Å². The molecule has 2 aromatic rings. The Bertz CT molecular complexity index is 486. The number of fused-ring (bicyclic) bond motifs is 1. The first-order chi connectivity index (χ1) is 5.70. The van der Waals surface area contributed by atoms with Crippen LogP contribution in [0.25, 0.3) is 11.2 Å². The Labute approximate surface area is 64.8 Å². The number of aromatic nitrogens is 4. The van der Waals surface area contributed by atoms with Crippen LogP contribution in [0.15, 0.2) is 11.1 Å². The lowest BCUT2D eigenvalue weighted by atomic mass is 10.5. The van der Waals surface area contributed by atoms with Gasteiger partial charge in [-0.25, -0.2) is 4.98 Å². The van der Waals surface area contributed by atoms with Crippen LogP contribution in [0.3, 0.4) is 0 Å². The molecular formula is C5H4FN5O. The van der Waals surface area contributed by atoms with Crippen LogP contribution in [0.5, 0.6) is 0 Å². The molecule has 0 amide bonds. The minimum atomic E-state index is -0.880. The molecule has 6 nitrogen and oxygen atoms in total. The zero-order valence-electron chi connectivity index (χ0n) is 5.78. The number of nitrogens with two attached hydrogens (primary N) is 1. The predicted molar refractivity (Wildman–Crippen MR) is 39.1 cm³/mol. The minimum Gasteiger partial charge on any atom is -0.367 e. The smallest absolute Gasteiger partial charge is 0.309 e. The van der Waals surface area contributed by atoms with E-state index in [2.05, 4.69) is 15.0 Å². The number of hydrogen-bond donors (Lipinski definition) is 2. The summed E-state index contributed by atoms with van der Waals surface area (Å²) in [5.74, 6) is -0.500. The molecular weight excluding hydrogens is 165 g/mol. The van der Waals surface area contributed by atoms with Crippen LogP contribution in [0, 0.1) is 0 Å². The molecule has 0 bridgehead atoms. The van der Waals surface area contributed by atoms with Crippen LogP contribution >= 0.6 is 0 Å². The fourth-order valence-electron chi connectivity index (χ4n) is 0.884. The van der Waals surface area contributed by atoms with Crippen LogP contribution in [0.2, 0.25) is 0 Å². The minimum absolute atomic E-state index is 0.00620. The molecule has 0 aliphatic rings. The average Bonchev–Trinajstić information content (AvgIpc) is 2.48. The zero-order chi connectivity index (χ0) is 8.72. The van der Waals surface area contributed by atoms with Gasteiger partial charge in [0.2, 0.25) is 5.95 Å². The van der Waals surface area contributed by atoms with Crippen LogP contribution in [-0.2, 0) is 0 Å². The van der Waals surface area contributed by atoms with E-state index in [1.807, 2.05) is 0 Å². The number of halogens is 1. The highest BCUT2D eigenvalue weighted by Gasteiger charge is 2.08. The van der Waals surface area contributed by atoms with E-state index in [9.17, 15) is 9.28 Å². The largest absolute Gasteiger partial charge is 0.367 e. The molecule has 0 saturated carbocycles. The van der Waals surface area contributed by atoms with Gasteiger partial charge in [-0.05, 0) is 0 Å². The third-order valence-corrected chi connectivity index (χ3v) is 1.43. The summed E-state index contributed by atoms with van der Waals surface area (Å²) in [5.41, 5.74) is 4.31. The first-order valence-corrected chi connectivity index (χ1v) is 3.08. The molecule has 0 atom stereocenters. The van der Waals surface area contributed by atoms with Crippen LogP contribution in [-0.4, -0.2) is 19.7 Å². The number of nitrogen functional groups attached to an aromatic ring is 1. The summed E-state index contributed by atoms with van der Waals surface area (Å²) in [7, 11) is 0. The van der Waals surface area contributed by atoms with Crippen molar-refractivity contribution in [3.8, 4) is 0 Å². The van der Waals surface area contributed by atoms with E-state index in [0.717, 1.165) is 0 Å². The molecule has 0 aliphatic heterocycles. The summed E-state index contributed by atoms with van der Waals surface area (Å²) < 4.78 is 12.7. The normalized spacial score (nSPS) is 10.8. The Morgan fingerprint density at radius 2 is 2.42 bits per heavy atom. The maximum Gasteiger partial charge on any atom is 0.309 e. The lowest BCUT2D eigenvalue weighted by Crippen LogP contribution is -2.18. The number of H-pyrrole nitrogens is 1. The van der Waals surface area contributed by atoms with Crippen molar-refractivity contribution in [3.05, 3.63) is 16.7 Å². The molecule has 0 unspecified atom stereocenters. The number of nitrogens with zero attached hydrogens (tertiary/aromatic N) is 3. The van der Waals surface area contributed by atoms with Gasteiger partial charge < -0.3 is 10.7 Å². The van der Waals surface area contributed by atoms with Gasteiger partial charge in [0.05, 0.1) is 6.33 Å². The first-order valence-electron chi connectivity index (χ1n) is 3.08. The lowest BCUT2D eigenvalue weighted by Gasteiger charge is -1.94. The zero-order valence-corrected chi connectivity index (χ0v) is 5.78. The van der Waals surface area contributed by atoms with Gasteiger partial charge in [0.1, 0.15) is 0 Å². The molecule has 0 aromatic carbocycles. The Kier molecular flexibility index (Phi) is 1.15. The molecule has 2 heterocycles. The molecule has 62 valence electrons. The second-order valence-electron chi connectivity index (χ2n) is 2.16. The van der Waals surface area contributed by atoms with E-state index >= 15 is 0 Å². The topological polar surface area (TPSA) is 89.6 Å². The molecule has 0 fully saturated rings. The molecule has 7 heteroatoms. The second kappa shape index (κ2) is 2.03. The maximum atomic E-state index is 12.7. The summed E-state index contributed by atoms with van der Waals surface area (Å²) in [4.78, 5) is 20.4. The van der Waals surface area contributed by atoms with Crippen molar-refractivity contribution in [2.24, 2.45) is 0 Å². The summed E-state index contributed by atoms with van der Waals surface area (Å²) in [6, 6.07) is 0. The molecule has 12 heavy (non-hydrogen) atoms. The highest BCUT2D eigenvalue weighted by atomic mass is 19.2. The van der Waals surface area contributed by atoms with Gasteiger partial charge in [-0.2, -0.15) is 4.98 Å². The molecule has 0 spiro atoms. The van der Waals surface area contributed by atoms with Crippen LogP contribution in [0.4, 0.5) is 10.4 Å². The SMILES string of the molecule is Nc1nc2nc[nH]c2c(=O)n1F. The number of nitrogens with one attached hydrogen (secondary N) is 1. The average molecular weight is 169 g/mol. The van der Waals surface area contributed by atoms with Gasteiger partial charge in [0.25, 0.3) is 0 Å². The monoisotopic (exact) mass is 169 g/mol. The highest BCUT2D eigenvalue weighted by Crippen LogP contribution is 2.02. The number of anilines is 1. The van der Waals surface area contributed by atoms with E-state index in [1.165, 1.54) is 6.33 Å². The van der Waals surface area contributed by atoms with Crippen molar-refractivity contribution in [1.82, 2.24) is 19.7 Å². The molecule has 0 radical (unpaired) electrons. The van der Waals surface area contributed by atoms with Crippen molar-refractivity contribution in [2.75, 3.05) is 5.73 Å². The number of rotatable bonds is 0. The van der Waals surface area contributed by atoms with Gasteiger partial charge in [-0.3, -0.25) is 4.79 Å². The third-order valence-electron chi connectivity index (χ3n) is 1.43. The number of aromatic amines is 1. The van der Waals surface area contributed by atoms with Gasteiger partial charge in [-0.1, -0.05) is 4.48 Å². The number of hydrogen-bond acceptors (Lipinski definition) is 4. The molecule has 0 saturated heterocycles. The molecule has 3 N–H and O–H groups in total. The van der Waals surface area contributed by atoms with Crippen molar-refractivity contribution in [3.63, 3.8) is 0 Å². The summed E-state index contributed by atoms with van der Waals surface area (Å²) in [5, 5.41) is 0. The Morgan fingerprint density at radius 1 is 1.67 bits per heavy atom. The second-order valence-corrected chi connectivity index (χ2v) is 2.16. The van der Waals surface area contributed by atoms with Crippen LogP contribution in [0.1, 0.15) is 0 Å². The highest BCUT2D eigenvalue weighted by molar-refractivity contribution is 5.69. The lowest BCUT2D eigenvalue weighted by molar-refractivity contribution is 0.358. The number of imidazole rings is 1. The molecule has 0 aliphatic carbocycles. The van der Waals surface area contributed by atoms with Gasteiger partial charge in [-0.15, -0.1) is 4.79 Å². The van der Waals surface area contributed by atoms with E-state index < -0.39 is 11.5 Å². The van der Waals surface area contributed by atoms with E-state index in [0.29, 0.717) is 0 Å². The standard InChI is InChI=1S/C5H4FN5O/c6-11-4(12)2-3(9-1-8-2)10-5(11)7/h1H,(H2,7,10)(H,8,9). The Hall–Kier alpha value is -1.92. The van der Waals surface area contributed by atoms with Crippen molar-refractivity contribution < 1.29 is 4.48 Å². The Balaban J connectivity index is 3.05. The van der Waals surface area contributed by atoms with Crippen LogP contribution < -0.4 is 11.3 Å². The van der Waals surface area contributed by atoms with Crippen molar-refractivity contribution in [1.29, 1.82) is 0 Å². The third kappa shape index (κ3) is 0.698. The fourth-order valence-corrected chi connectivity index (χ4v) is 0.884. The summed E-state index contributed by atoms with van der Waals surface area (Å²) in [6.07, 6.45) is 1.25. The van der Waals surface area contributed by atoms with Crippen molar-refractivity contribution in [2.45, 2.75) is 0 Å². The predicted octanol–water partition coefficient (Wildman–Crippen LogP) is -0.566.